The highest BCUT2D eigenvalue weighted by atomic mass is 16.2. The molecular formula is C12H22N2O. The summed E-state index contributed by atoms with van der Waals surface area (Å²) in [6, 6.07) is 0.313. The molecule has 86 valence electrons. The Labute approximate surface area is 92.0 Å². The molecule has 15 heavy (non-hydrogen) atoms. The third kappa shape index (κ3) is 1.89. The zero-order valence-corrected chi connectivity index (χ0v) is 9.67. The van der Waals surface area contributed by atoms with Crippen molar-refractivity contribution in [2.24, 2.45) is 11.1 Å². The molecule has 2 rings (SSSR count). The molecule has 2 N–H and O–H groups in total. The molecule has 1 saturated heterocycles. The van der Waals surface area contributed by atoms with Crippen molar-refractivity contribution in [2.45, 2.75) is 51.5 Å². The van der Waals surface area contributed by atoms with Crippen LogP contribution < -0.4 is 5.73 Å². The van der Waals surface area contributed by atoms with Gasteiger partial charge in [-0.2, -0.15) is 0 Å². The number of likely N-dealkylation sites (tertiary alicyclic amines) is 1. The van der Waals surface area contributed by atoms with E-state index in [1.807, 2.05) is 4.90 Å². The van der Waals surface area contributed by atoms with Crippen LogP contribution in [0.3, 0.4) is 0 Å². The maximum atomic E-state index is 12.3. The first-order valence-corrected chi connectivity index (χ1v) is 6.23. The van der Waals surface area contributed by atoms with E-state index in [1.54, 1.807) is 0 Å². The Hall–Kier alpha value is -0.570. The molecule has 0 unspecified atom stereocenters. The summed E-state index contributed by atoms with van der Waals surface area (Å²) in [5, 5.41) is 0. The Balaban J connectivity index is 1.95. The smallest absolute Gasteiger partial charge is 0.228 e. The van der Waals surface area contributed by atoms with Crippen molar-refractivity contribution in [1.29, 1.82) is 0 Å². The molecular weight excluding hydrogens is 188 g/mol. The zero-order valence-electron chi connectivity index (χ0n) is 9.67. The number of nitrogens with zero attached hydrogens (tertiary/aromatic N) is 1. The van der Waals surface area contributed by atoms with Crippen LogP contribution in [0.4, 0.5) is 0 Å². The number of amides is 1. The van der Waals surface area contributed by atoms with E-state index in [9.17, 15) is 4.79 Å². The van der Waals surface area contributed by atoms with Crippen molar-refractivity contribution in [3.63, 3.8) is 0 Å². The van der Waals surface area contributed by atoms with Crippen LogP contribution in [0.2, 0.25) is 0 Å². The summed E-state index contributed by atoms with van der Waals surface area (Å²) < 4.78 is 0. The predicted molar refractivity (Wildman–Crippen MR) is 60.4 cm³/mol. The lowest BCUT2D eigenvalue weighted by Gasteiger charge is -2.44. The van der Waals surface area contributed by atoms with Gasteiger partial charge in [-0.25, -0.2) is 0 Å². The van der Waals surface area contributed by atoms with Gasteiger partial charge in [-0.15, -0.1) is 0 Å². The standard InChI is InChI=1S/C12H22N2O/c1-2-12(6-3-7-12)11(15)14-8-4-10(13)5-9-14/h10H,2-9,13H2,1H3. The zero-order chi connectivity index (χ0) is 10.9. The molecule has 3 heteroatoms. The van der Waals surface area contributed by atoms with Crippen molar-refractivity contribution in [2.75, 3.05) is 13.1 Å². The van der Waals surface area contributed by atoms with E-state index in [0.29, 0.717) is 11.9 Å². The van der Waals surface area contributed by atoms with Crippen molar-refractivity contribution in [1.82, 2.24) is 4.90 Å². The Morgan fingerprint density at radius 1 is 1.40 bits per heavy atom. The second-order valence-electron chi connectivity index (χ2n) is 5.12. The van der Waals surface area contributed by atoms with Gasteiger partial charge >= 0.3 is 0 Å². The van der Waals surface area contributed by atoms with Gasteiger partial charge in [0.1, 0.15) is 0 Å². The Kier molecular flexibility index (Phi) is 3.01. The van der Waals surface area contributed by atoms with Gasteiger partial charge in [0, 0.05) is 24.5 Å². The minimum Gasteiger partial charge on any atom is -0.342 e. The number of nitrogens with two attached hydrogens (primary N) is 1. The van der Waals surface area contributed by atoms with Crippen LogP contribution in [-0.4, -0.2) is 29.9 Å². The number of carbonyl (C=O) groups excluding carboxylic acids is 1. The molecule has 2 fully saturated rings. The average Bonchev–Trinajstić information content (AvgIpc) is 2.18. The second-order valence-corrected chi connectivity index (χ2v) is 5.12. The Morgan fingerprint density at radius 2 is 2.00 bits per heavy atom. The van der Waals surface area contributed by atoms with E-state index in [-0.39, 0.29) is 5.41 Å². The summed E-state index contributed by atoms with van der Waals surface area (Å²) in [6.45, 7) is 3.90. The largest absolute Gasteiger partial charge is 0.342 e. The van der Waals surface area contributed by atoms with Crippen LogP contribution in [0.25, 0.3) is 0 Å². The number of piperidine rings is 1. The maximum Gasteiger partial charge on any atom is 0.228 e. The fraction of sp³-hybridized carbons (Fsp3) is 0.917. The minimum absolute atomic E-state index is 0.0153. The molecule has 2 aliphatic rings. The highest BCUT2D eigenvalue weighted by molar-refractivity contribution is 5.83. The molecule has 0 aromatic heterocycles. The lowest BCUT2D eigenvalue weighted by Crippen LogP contribution is -2.51. The van der Waals surface area contributed by atoms with Gasteiger partial charge in [0.05, 0.1) is 0 Å². The molecule has 0 atom stereocenters. The summed E-state index contributed by atoms with van der Waals surface area (Å²) in [6.07, 6.45) is 6.40. The quantitative estimate of drug-likeness (QED) is 0.751. The lowest BCUT2D eigenvalue weighted by atomic mass is 9.66. The minimum atomic E-state index is 0.0153. The fourth-order valence-corrected chi connectivity index (χ4v) is 2.76. The third-order valence-electron chi connectivity index (χ3n) is 4.27. The highest BCUT2D eigenvalue weighted by Gasteiger charge is 2.44. The van der Waals surface area contributed by atoms with Crippen LogP contribution in [0.1, 0.15) is 45.4 Å². The normalized spacial score (nSPS) is 26.1. The monoisotopic (exact) mass is 210 g/mol. The van der Waals surface area contributed by atoms with E-state index < -0.39 is 0 Å². The molecule has 1 saturated carbocycles. The summed E-state index contributed by atoms with van der Waals surface area (Å²) in [7, 11) is 0. The van der Waals surface area contributed by atoms with Crippen molar-refractivity contribution in [3.8, 4) is 0 Å². The number of hydrogen-bond acceptors (Lipinski definition) is 2. The summed E-state index contributed by atoms with van der Waals surface area (Å²) in [5.41, 5.74) is 5.86. The third-order valence-corrected chi connectivity index (χ3v) is 4.27. The molecule has 1 aliphatic heterocycles. The SMILES string of the molecule is CCC1(C(=O)N2CCC(N)CC2)CCC1. The van der Waals surface area contributed by atoms with Gasteiger partial charge < -0.3 is 10.6 Å². The summed E-state index contributed by atoms with van der Waals surface area (Å²) in [5.74, 6) is 0.406. The van der Waals surface area contributed by atoms with Gasteiger partial charge in [0.2, 0.25) is 5.91 Å². The average molecular weight is 210 g/mol. The molecule has 1 amide bonds. The van der Waals surface area contributed by atoms with Crippen LogP contribution >= 0.6 is 0 Å². The molecule has 3 nitrogen and oxygen atoms in total. The molecule has 0 aromatic carbocycles. The number of carbonyl (C=O) groups is 1. The van der Waals surface area contributed by atoms with Gasteiger partial charge in [0.25, 0.3) is 0 Å². The second kappa shape index (κ2) is 4.12. The van der Waals surface area contributed by atoms with Crippen molar-refractivity contribution in [3.05, 3.63) is 0 Å². The molecule has 1 aliphatic carbocycles. The van der Waals surface area contributed by atoms with Gasteiger partial charge in [0.15, 0.2) is 0 Å². The summed E-state index contributed by atoms with van der Waals surface area (Å²) in [4.78, 5) is 14.4. The fourth-order valence-electron chi connectivity index (χ4n) is 2.76. The van der Waals surface area contributed by atoms with Crippen LogP contribution in [0.5, 0.6) is 0 Å². The first kappa shape index (κ1) is 10.9. The van der Waals surface area contributed by atoms with E-state index in [0.717, 1.165) is 45.2 Å². The highest BCUT2D eigenvalue weighted by Crippen LogP contribution is 2.45. The molecule has 1 heterocycles. The maximum absolute atomic E-state index is 12.3. The van der Waals surface area contributed by atoms with Crippen molar-refractivity contribution < 1.29 is 4.79 Å². The van der Waals surface area contributed by atoms with Gasteiger partial charge in [-0.3, -0.25) is 4.79 Å². The lowest BCUT2D eigenvalue weighted by molar-refractivity contribution is -0.148. The Morgan fingerprint density at radius 3 is 2.40 bits per heavy atom. The first-order valence-electron chi connectivity index (χ1n) is 6.23. The summed E-state index contributed by atoms with van der Waals surface area (Å²) >= 11 is 0. The number of rotatable bonds is 2. The predicted octanol–water partition coefficient (Wildman–Crippen LogP) is 1.52. The van der Waals surface area contributed by atoms with Crippen LogP contribution in [0, 0.1) is 5.41 Å². The molecule has 0 spiro atoms. The van der Waals surface area contributed by atoms with E-state index in [4.69, 9.17) is 5.73 Å². The van der Waals surface area contributed by atoms with E-state index in [1.165, 1.54) is 6.42 Å². The molecule has 0 radical (unpaired) electrons. The first-order chi connectivity index (χ1) is 7.18. The molecule has 0 bridgehead atoms. The van der Waals surface area contributed by atoms with E-state index in [2.05, 4.69) is 6.92 Å². The van der Waals surface area contributed by atoms with Crippen molar-refractivity contribution >= 4 is 5.91 Å². The van der Waals surface area contributed by atoms with Gasteiger partial charge in [-0.05, 0) is 32.1 Å². The van der Waals surface area contributed by atoms with E-state index >= 15 is 0 Å². The van der Waals surface area contributed by atoms with Gasteiger partial charge in [-0.1, -0.05) is 13.3 Å². The topological polar surface area (TPSA) is 46.3 Å². The molecule has 0 aromatic rings. The van der Waals surface area contributed by atoms with Crippen LogP contribution in [0.15, 0.2) is 0 Å². The van der Waals surface area contributed by atoms with Crippen LogP contribution in [-0.2, 0) is 4.79 Å². The number of hydrogen-bond donors (Lipinski definition) is 1. The Bertz CT molecular complexity index is 234.